The number of hydrogen-bond acceptors (Lipinski definition) is 4. The maximum atomic E-state index is 8.69. The van der Waals surface area contributed by atoms with Crippen LogP contribution in [0.4, 0.5) is 0 Å². The minimum absolute atomic E-state index is 0.378. The number of hydrogen-bond donors (Lipinski definition) is 0. The molecule has 0 N–H and O–H groups in total. The summed E-state index contributed by atoms with van der Waals surface area (Å²) < 4.78 is 4.31. The molecule has 0 aliphatic carbocycles. The van der Waals surface area contributed by atoms with Gasteiger partial charge in [0.25, 0.3) is 0 Å². The van der Waals surface area contributed by atoms with Crippen LogP contribution in [-0.4, -0.2) is 9.36 Å². The summed E-state index contributed by atoms with van der Waals surface area (Å²) in [5, 5.41) is 8.69. The van der Waals surface area contributed by atoms with Crippen molar-refractivity contribution < 1.29 is 0 Å². The summed E-state index contributed by atoms with van der Waals surface area (Å²) in [5.74, 6) is 0.495. The summed E-state index contributed by atoms with van der Waals surface area (Å²) in [7, 11) is 0. The molecule has 5 heteroatoms. The third-order valence-corrected chi connectivity index (χ3v) is 2.04. The van der Waals surface area contributed by atoms with Crippen LogP contribution in [0.5, 0.6) is 0 Å². The molecule has 1 heterocycles. The molecule has 1 aromatic rings. The maximum absolute atomic E-state index is 8.69. The SMILES string of the molecule is CC(C)(C#N)c1nsc(Cl)n1. The standard InChI is InChI=1S/C6H6ClN3S/c1-6(2,3-8)4-9-5(7)11-10-4/h1-2H3. The monoisotopic (exact) mass is 187 g/mol. The molecule has 0 fully saturated rings. The van der Waals surface area contributed by atoms with Crippen molar-refractivity contribution >= 4 is 23.1 Å². The molecule has 11 heavy (non-hydrogen) atoms. The van der Waals surface area contributed by atoms with Gasteiger partial charge in [0, 0.05) is 0 Å². The Morgan fingerprint density at radius 3 is 2.64 bits per heavy atom. The van der Waals surface area contributed by atoms with Gasteiger partial charge in [-0.2, -0.15) is 9.64 Å². The van der Waals surface area contributed by atoms with Crippen LogP contribution in [0.25, 0.3) is 0 Å². The Morgan fingerprint density at radius 1 is 1.64 bits per heavy atom. The zero-order chi connectivity index (χ0) is 8.48. The predicted molar refractivity (Wildman–Crippen MR) is 43.6 cm³/mol. The molecule has 1 rings (SSSR count). The summed E-state index contributed by atoms with van der Waals surface area (Å²) in [6, 6.07) is 2.09. The molecule has 0 saturated heterocycles. The van der Waals surface area contributed by atoms with E-state index in [1.807, 2.05) is 0 Å². The number of rotatable bonds is 1. The highest BCUT2D eigenvalue weighted by molar-refractivity contribution is 7.10. The molecule has 0 atom stereocenters. The normalized spacial score (nSPS) is 11.1. The Labute approximate surface area is 73.8 Å². The van der Waals surface area contributed by atoms with Gasteiger partial charge in [-0.05, 0) is 37.0 Å². The minimum Gasteiger partial charge on any atom is -0.207 e. The largest absolute Gasteiger partial charge is 0.207 e. The van der Waals surface area contributed by atoms with E-state index < -0.39 is 5.41 Å². The van der Waals surface area contributed by atoms with Gasteiger partial charge in [-0.1, -0.05) is 0 Å². The van der Waals surface area contributed by atoms with E-state index in [1.165, 1.54) is 0 Å². The second-order valence-corrected chi connectivity index (χ2v) is 3.94. The molecule has 58 valence electrons. The van der Waals surface area contributed by atoms with E-state index in [0.717, 1.165) is 11.5 Å². The zero-order valence-electron chi connectivity index (χ0n) is 6.13. The molecule has 0 aliphatic rings. The van der Waals surface area contributed by atoms with Gasteiger partial charge in [0.05, 0.1) is 6.07 Å². The first-order chi connectivity index (χ1) is 5.06. The molecule has 0 spiro atoms. The van der Waals surface area contributed by atoms with E-state index in [4.69, 9.17) is 16.9 Å². The van der Waals surface area contributed by atoms with E-state index in [1.54, 1.807) is 13.8 Å². The van der Waals surface area contributed by atoms with Crippen LogP contribution in [0.15, 0.2) is 0 Å². The fourth-order valence-corrected chi connectivity index (χ4v) is 1.25. The molecule has 0 amide bonds. The van der Waals surface area contributed by atoms with E-state index in [0.29, 0.717) is 10.3 Å². The van der Waals surface area contributed by atoms with Gasteiger partial charge >= 0.3 is 0 Å². The van der Waals surface area contributed by atoms with Crippen LogP contribution >= 0.6 is 23.1 Å². The van der Waals surface area contributed by atoms with Crippen molar-refractivity contribution in [3.63, 3.8) is 0 Å². The lowest BCUT2D eigenvalue weighted by atomic mass is 9.95. The van der Waals surface area contributed by atoms with Crippen molar-refractivity contribution in [1.29, 1.82) is 5.26 Å². The second-order valence-electron chi connectivity index (χ2n) is 2.61. The van der Waals surface area contributed by atoms with Crippen LogP contribution in [-0.2, 0) is 5.41 Å². The lowest BCUT2D eigenvalue weighted by Gasteiger charge is -2.08. The average Bonchev–Trinajstić information content (AvgIpc) is 2.36. The lowest BCUT2D eigenvalue weighted by Crippen LogP contribution is -2.15. The van der Waals surface area contributed by atoms with Crippen molar-refractivity contribution in [2.45, 2.75) is 19.3 Å². The second kappa shape index (κ2) is 2.76. The first-order valence-corrected chi connectivity index (χ1v) is 4.12. The van der Waals surface area contributed by atoms with Crippen molar-refractivity contribution in [3.8, 4) is 6.07 Å². The first-order valence-electron chi connectivity index (χ1n) is 2.97. The molecule has 0 saturated carbocycles. The van der Waals surface area contributed by atoms with Gasteiger partial charge in [-0.25, -0.2) is 4.98 Å². The summed E-state index contributed by atoms with van der Waals surface area (Å²) in [4.78, 5) is 3.90. The number of aromatic nitrogens is 2. The summed E-state index contributed by atoms with van der Waals surface area (Å²) in [6.45, 7) is 3.51. The Balaban J connectivity index is 3.04. The van der Waals surface area contributed by atoms with E-state index in [-0.39, 0.29) is 0 Å². The Hall–Kier alpha value is -0.660. The molecule has 3 nitrogen and oxygen atoms in total. The van der Waals surface area contributed by atoms with Gasteiger partial charge in [0.15, 0.2) is 5.82 Å². The first kappa shape index (κ1) is 8.44. The van der Waals surface area contributed by atoms with Gasteiger partial charge in [0.1, 0.15) is 5.41 Å². The summed E-state index contributed by atoms with van der Waals surface area (Å²) in [5.41, 5.74) is -0.635. The quantitative estimate of drug-likeness (QED) is 0.676. The molecule has 0 radical (unpaired) electrons. The summed E-state index contributed by atoms with van der Waals surface area (Å²) in [6.07, 6.45) is 0. The van der Waals surface area contributed by atoms with Crippen LogP contribution in [0.1, 0.15) is 19.7 Å². The number of nitriles is 1. The molecular weight excluding hydrogens is 182 g/mol. The minimum atomic E-state index is -0.635. The third-order valence-electron chi connectivity index (χ3n) is 1.24. The van der Waals surface area contributed by atoms with Crippen molar-refractivity contribution in [2.24, 2.45) is 0 Å². The van der Waals surface area contributed by atoms with E-state index in [9.17, 15) is 0 Å². The van der Waals surface area contributed by atoms with E-state index in [2.05, 4.69) is 15.4 Å². The molecule has 0 aromatic carbocycles. The highest BCUT2D eigenvalue weighted by Crippen LogP contribution is 2.22. The number of nitrogens with zero attached hydrogens (tertiary/aromatic N) is 3. The van der Waals surface area contributed by atoms with Gasteiger partial charge in [-0.3, -0.25) is 0 Å². The van der Waals surface area contributed by atoms with Crippen LogP contribution in [0, 0.1) is 11.3 Å². The predicted octanol–water partition coefficient (Wildman–Crippen LogP) is 1.99. The highest BCUT2D eigenvalue weighted by atomic mass is 35.5. The summed E-state index contributed by atoms with van der Waals surface area (Å²) >= 11 is 6.66. The molecular formula is C6H6ClN3S. The van der Waals surface area contributed by atoms with Gasteiger partial charge in [-0.15, -0.1) is 0 Å². The maximum Gasteiger partial charge on any atom is 0.203 e. The van der Waals surface area contributed by atoms with Crippen LogP contribution in [0.3, 0.4) is 0 Å². The third kappa shape index (κ3) is 1.67. The van der Waals surface area contributed by atoms with Crippen LogP contribution < -0.4 is 0 Å². The molecule has 0 bridgehead atoms. The van der Waals surface area contributed by atoms with Gasteiger partial charge < -0.3 is 0 Å². The fourth-order valence-electron chi connectivity index (χ4n) is 0.509. The highest BCUT2D eigenvalue weighted by Gasteiger charge is 2.24. The van der Waals surface area contributed by atoms with Crippen LogP contribution in [0.2, 0.25) is 4.47 Å². The lowest BCUT2D eigenvalue weighted by molar-refractivity contribution is 0.642. The Kier molecular flexibility index (Phi) is 2.12. The smallest absolute Gasteiger partial charge is 0.203 e. The average molecular weight is 188 g/mol. The van der Waals surface area contributed by atoms with Gasteiger partial charge in [0.2, 0.25) is 4.47 Å². The van der Waals surface area contributed by atoms with E-state index >= 15 is 0 Å². The Bertz CT molecular complexity index is 299. The Morgan fingerprint density at radius 2 is 2.27 bits per heavy atom. The van der Waals surface area contributed by atoms with Crippen molar-refractivity contribution in [3.05, 3.63) is 10.3 Å². The zero-order valence-corrected chi connectivity index (χ0v) is 7.70. The van der Waals surface area contributed by atoms with Crippen molar-refractivity contribution in [2.75, 3.05) is 0 Å². The number of halogens is 1. The molecule has 0 unspecified atom stereocenters. The molecule has 1 aromatic heterocycles. The topological polar surface area (TPSA) is 49.6 Å². The molecule has 0 aliphatic heterocycles. The van der Waals surface area contributed by atoms with Crippen molar-refractivity contribution in [1.82, 2.24) is 9.36 Å². The fraction of sp³-hybridized carbons (Fsp3) is 0.500.